The molecule has 2 heterocycles. The first-order valence-electron chi connectivity index (χ1n) is 8.97. The van der Waals surface area contributed by atoms with Crippen molar-refractivity contribution in [3.8, 4) is 11.5 Å². The van der Waals surface area contributed by atoms with Crippen LogP contribution in [0.25, 0.3) is 10.9 Å². The monoisotopic (exact) mass is 388 g/mol. The summed E-state index contributed by atoms with van der Waals surface area (Å²) in [4.78, 5) is 3.42. The Morgan fingerprint density at radius 1 is 1.19 bits per heavy atom. The van der Waals surface area contributed by atoms with Gasteiger partial charge in [-0.2, -0.15) is 0 Å². The molecule has 27 heavy (non-hydrogen) atoms. The molecule has 1 atom stereocenters. The molecule has 6 heteroatoms. The van der Waals surface area contributed by atoms with Crippen molar-refractivity contribution in [1.29, 1.82) is 0 Å². The van der Waals surface area contributed by atoms with Gasteiger partial charge < -0.3 is 19.8 Å². The quantitative estimate of drug-likeness (QED) is 0.680. The number of hydrogen-bond donors (Lipinski definition) is 2. The molecule has 4 nitrogen and oxygen atoms in total. The molecule has 142 valence electrons. The average Bonchev–Trinajstić information content (AvgIpc) is 3.06. The molecule has 2 N–H and O–H groups in total. The summed E-state index contributed by atoms with van der Waals surface area (Å²) in [5.41, 5.74) is 4.56. The highest BCUT2D eigenvalue weighted by atomic mass is 35.5. The van der Waals surface area contributed by atoms with Crippen LogP contribution in [-0.2, 0) is 12.8 Å². The van der Waals surface area contributed by atoms with E-state index in [0.29, 0.717) is 28.5 Å². The van der Waals surface area contributed by atoms with Crippen LogP contribution in [0.4, 0.5) is 4.39 Å². The molecule has 0 bridgehead atoms. The number of ether oxygens (including phenoxy) is 2. The summed E-state index contributed by atoms with van der Waals surface area (Å²) in [6.07, 6.45) is 1.46. The molecule has 3 aromatic rings. The average molecular weight is 389 g/mol. The van der Waals surface area contributed by atoms with Gasteiger partial charge in [-0.15, -0.1) is 0 Å². The van der Waals surface area contributed by atoms with E-state index in [1.165, 1.54) is 0 Å². The molecular weight excluding hydrogens is 367 g/mol. The normalized spacial score (nSPS) is 16.4. The molecule has 4 rings (SSSR count). The number of methoxy groups -OCH3 is 2. The minimum absolute atomic E-state index is 0.0245. The number of nitrogens with one attached hydrogen (secondary N) is 2. The molecule has 1 aliphatic heterocycles. The molecule has 0 spiro atoms. The molecule has 0 radical (unpaired) electrons. The molecule has 2 aromatic carbocycles. The van der Waals surface area contributed by atoms with Crippen LogP contribution in [0, 0.1) is 12.7 Å². The van der Waals surface area contributed by atoms with Crippen molar-refractivity contribution in [2.45, 2.75) is 25.8 Å². The number of benzene rings is 2. The molecule has 0 fully saturated rings. The smallest absolute Gasteiger partial charge is 0.179 e. The number of H-pyrrole nitrogens is 1. The number of aryl methyl sites for hydroxylation is 1. The van der Waals surface area contributed by atoms with Crippen LogP contribution in [0.1, 0.15) is 28.4 Å². The number of fused-ring (bicyclic) bond motifs is 3. The van der Waals surface area contributed by atoms with Crippen LogP contribution in [0.2, 0.25) is 5.02 Å². The summed E-state index contributed by atoms with van der Waals surface area (Å²) in [5, 5.41) is 4.79. The van der Waals surface area contributed by atoms with Crippen molar-refractivity contribution in [3.05, 3.63) is 57.5 Å². The van der Waals surface area contributed by atoms with Gasteiger partial charge in [0, 0.05) is 16.6 Å². The zero-order valence-electron chi connectivity index (χ0n) is 15.6. The van der Waals surface area contributed by atoms with Gasteiger partial charge in [0.2, 0.25) is 0 Å². The Kier molecular flexibility index (Phi) is 4.74. The highest BCUT2D eigenvalue weighted by molar-refractivity contribution is 6.33. The van der Waals surface area contributed by atoms with Gasteiger partial charge in [-0.05, 0) is 55.1 Å². The van der Waals surface area contributed by atoms with Gasteiger partial charge in [-0.3, -0.25) is 0 Å². The number of aromatic amines is 1. The van der Waals surface area contributed by atoms with Gasteiger partial charge in [0.25, 0.3) is 0 Å². The Hall–Kier alpha value is -2.24. The Morgan fingerprint density at radius 2 is 2.00 bits per heavy atom. The molecule has 1 aromatic heterocycles. The lowest BCUT2D eigenvalue weighted by molar-refractivity contribution is 0.354. The van der Waals surface area contributed by atoms with Crippen LogP contribution >= 0.6 is 11.6 Å². The third-order valence-electron chi connectivity index (χ3n) is 5.33. The fourth-order valence-corrected chi connectivity index (χ4v) is 4.26. The van der Waals surface area contributed by atoms with E-state index in [1.54, 1.807) is 21.1 Å². The first-order valence-corrected chi connectivity index (χ1v) is 9.35. The maximum atomic E-state index is 14.7. The molecule has 0 saturated carbocycles. The van der Waals surface area contributed by atoms with Gasteiger partial charge in [0.05, 0.1) is 25.3 Å². The predicted octanol–water partition coefficient (Wildman–Crippen LogP) is 4.72. The zero-order valence-corrected chi connectivity index (χ0v) is 16.3. The minimum atomic E-state index is -0.130. The highest BCUT2D eigenvalue weighted by Crippen LogP contribution is 2.40. The summed E-state index contributed by atoms with van der Waals surface area (Å²) >= 11 is 6.56. The maximum absolute atomic E-state index is 14.7. The maximum Gasteiger partial charge on any atom is 0.179 e. The van der Waals surface area contributed by atoms with Crippen molar-refractivity contribution in [2.75, 3.05) is 20.8 Å². The molecule has 1 aliphatic rings. The summed E-state index contributed by atoms with van der Waals surface area (Å²) in [7, 11) is 3.16. The number of hydrogen-bond acceptors (Lipinski definition) is 3. The van der Waals surface area contributed by atoms with Crippen molar-refractivity contribution < 1.29 is 13.9 Å². The standard InChI is InChI=1S/C21H22ClFN2O2/c1-11-4-6-14-17(19(11)23)13-8-9-24-15(20(13)25-14)10-12-5-7-16(26-2)21(27-3)18(12)22/h4-7,15,24-25H,8-10H2,1-3H3/t15-/m0/s1. The van der Waals surface area contributed by atoms with Crippen molar-refractivity contribution >= 4 is 22.5 Å². The van der Waals surface area contributed by atoms with E-state index in [4.69, 9.17) is 21.1 Å². The first kappa shape index (κ1) is 18.1. The lowest BCUT2D eigenvalue weighted by Crippen LogP contribution is -2.31. The lowest BCUT2D eigenvalue weighted by atomic mass is 9.94. The second kappa shape index (κ2) is 7.06. The lowest BCUT2D eigenvalue weighted by Gasteiger charge is -2.25. The van der Waals surface area contributed by atoms with E-state index in [-0.39, 0.29) is 11.9 Å². The van der Waals surface area contributed by atoms with Gasteiger partial charge in [0.1, 0.15) is 5.82 Å². The minimum Gasteiger partial charge on any atom is -0.493 e. The topological polar surface area (TPSA) is 46.3 Å². The third-order valence-corrected chi connectivity index (χ3v) is 5.75. The van der Waals surface area contributed by atoms with Crippen molar-refractivity contribution in [2.24, 2.45) is 0 Å². The van der Waals surface area contributed by atoms with Crippen LogP contribution in [0.5, 0.6) is 11.5 Å². The fourth-order valence-electron chi connectivity index (χ4n) is 3.95. The molecular formula is C21H22ClFN2O2. The van der Waals surface area contributed by atoms with Gasteiger partial charge in [0.15, 0.2) is 11.5 Å². The van der Waals surface area contributed by atoms with E-state index >= 15 is 0 Å². The van der Waals surface area contributed by atoms with E-state index in [0.717, 1.165) is 40.7 Å². The van der Waals surface area contributed by atoms with Crippen LogP contribution in [-0.4, -0.2) is 25.7 Å². The molecule has 0 aliphatic carbocycles. The number of rotatable bonds is 4. The number of halogens is 2. The Bertz CT molecular complexity index is 1020. The largest absolute Gasteiger partial charge is 0.493 e. The second-order valence-corrected chi connectivity index (χ2v) is 7.25. The van der Waals surface area contributed by atoms with Gasteiger partial charge in [-0.1, -0.05) is 23.7 Å². The first-order chi connectivity index (χ1) is 13.0. The predicted molar refractivity (Wildman–Crippen MR) is 106 cm³/mol. The third kappa shape index (κ3) is 2.95. The number of aromatic nitrogens is 1. The van der Waals surface area contributed by atoms with Gasteiger partial charge in [-0.25, -0.2) is 4.39 Å². The van der Waals surface area contributed by atoms with Crippen molar-refractivity contribution in [3.63, 3.8) is 0 Å². The SMILES string of the molecule is COc1ccc(C[C@@H]2NCCc3c2[nH]c2ccc(C)c(F)c32)c(Cl)c1OC. The second-order valence-electron chi connectivity index (χ2n) is 6.87. The van der Waals surface area contributed by atoms with E-state index < -0.39 is 0 Å². The van der Waals surface area contributed by atoms with Crippen LogP contribution in [0.3, 0.4) is 0 Å². The molecule has 0 saturated heterocycles. The van der Waals surface area contributed by atoms with E-state index in [9.17, 15) is 4.39 Å². The summed E-state index contributed by atoms with van der Waals surface area (Å²) in [6, 6.07) is 7.60. The van der Waals surface area contributed by atoms with E-state index in [1.807, 2.05) is 24.3 Å². The van der Waals surface area contributed by atoms with E-state index in [2.05, 4.69) is 10.3 Å². The fraction of sp³-hybridized carbons (Fsp3) is 0.333. The van der Waals surface area contributed by atoms with Crippen molar-refractivity contribution in [1.82, 2.24) is 10.3 Å². The summed E-state index contributed by atoms with van der Waals surface area (Å²) in [6.45, 7) is 2.60. The Labute approximate surface area is 162 Å². The Balaban J connectivity index is 1.75. The summed E-state index contributed by atoms with van der Waals surface area (Å²) < 4.78 is 25.4. The molecule has 0 amide bonds. The molecule has 0 unspecified atom stereocenters. The highest BCUT2D eigenvalue weighted by Gasteiger charge is 2.27. The van der Waals surface area contributed by atoms with Crippen LogP contribution < -0.4 is 14.8 Å². The summed E-state index contributed by atoms with van der Waals surface area (Å²) in [5.74, 6) is 1.01. The van der Waals surface area contributed by atoms with Crippen LogP contribution in [0.15, 0.2) is 24.3 Å². The Morgan fingerprint density at radius 3 is 2.74 bits per heavy atom. The zero-order chi connectivity index (χ0) is 19.1. The van der Waals surface area contributed by atoms with Gasteiger partial charge >= 0.3 is 0 Å².